The lowest BCUT2D eigenvalue weighted by Gasteiger charge is -2.20. The summed E-state index contributed by atoms with van der Waals surface area (Å²) in [6.45, 7) is 13.5. The molecule has 0 aliphatic rings. The zero-order valence-corrected chi connectivity index (χ0v) is 17.1. The van der Waals surface area contributed by atoms with Gasteiger partial charge in [-0.05, 0) is 37.5 Å². The van der Waals surface area contributed by atoms with Gasteiger partial charge in [0.05, 0.1) is 4.75 Å². The van der Waals surface area contributed by atoms with Gasteiger partial charge in [0.25, 0.3) is 5.91 Å². The van der Waals surface area contributed by atoms with Crippen molar-refractivity contribution in [1.29, 1.82) is 0 Å². The molecule has 0 atom stereocenters. The van der Waals surface area contributed by atoms with Crippen molar-refractivity contribution in [3.63, 3.8) is 0 Å². The van der Waals surface area contributed by atoms with Gasteiger partial charge in [-0.2, -0.15) is 4.99 Å². The molecule has 0 bridgehead atoms. The Morgan fingerprint density at radius 3 is 2.12 bits per heavy atom. The highest BCUT2D eigenvalue weighted by Crippen LogP contribution is 2.34. The van der Waals surface area contributed by atoms with Gasteiger partial charge < -0.3 is 10.8 Å². The maximum atomic E-state index is 12.5. The summed E-state index contributed by atoms with van der Waals surface area (Å²) in [6, 6.07) is 8.20. The van der Waals surface area contributed by atoms with Gasteiger partial charge in [0.15, 0.2) is 0 Å². The summed E-state index contributed by atoms with van der Waals surface area (Å²) < 4.78 is -0.755. The van der Waals surface area contributed by atoms with Crippen LogP contribution in [0.5, 0.6) is 0 Å². The first-order chi connectivity index (χ1) is 11.3. The molecule has 0 aliphatic heterocycles. The third kappa shape index (κ3) is 6.58. The standard InChI is InChI=1S/C20H30N2O2S/c1-13(2)14-8-10-15(11-9-14)25-20(6,7)18(24)22-17(21)12-16(23)19(3,4)5/h8-13,23H,1-7H3,(H2,21,22,24)/b16-12-. The fourth-order valence-electron chi connectivity index (χ4n) is 1.90. The average Bonchev–Trinajstić information content (AvgIpc) is 2.46. The highest BCUT2D eigenvalue weighted by Gasteiger charge is 2.29. The molecule has 0 aliphatic carbocycles. The maximum absolute atomic E-state index is 12.5. The van der Waals surface area contributed by atoms with Gasteiger partial charge in [-0.15, -0.1) is 11.8 Å². The SMILES string of the molecule is CC(C)c1ccc(SC(C)(C)C(=O)N=C(N)/C=C(\O)C(C)(C)C)cc1. The Balaban J connectivity index is 2.90. The van der Waals surface area contributed by atoms with Crippen LogP contribution in [0, 0.1) is 5.41 Å². The number of thioether (sulfide) groups is 1. The molecule has 0 saturated carbocycles. The minimum absolute atomic E-state index is 0.0151. The molecule has 1 aromatic carbocycles. The molecule has 5 heteroatoms. The Bertz CT molecular complexity index is 666. The van der Waals surface area contributed by atoms with E-state index in [9.17, 15) is 9.90 Å². The number of amidine groups is 1. The molecular formula is C20H30N2O2S. The van der Waals surface area contributed by atoms with E-state index < -0.39 is 10.2 Å². The van der Waals surface area contributed by atoms with Crippen LogP contribution in [0.25, 0.3) is 0 Å². The Labute approximate surface area is 155 Å². The van der Waals surface area contributed by atoms with Crippen molar-refractivity contribution in [2.45, 2.75) is 64.0 Å². The fraction of sp³-hybridized carbons (Fsp3) is 0.500. The summed E-state index contributed by atoms with van der Waals surface area (Å²) in [7, 11) is 0. The Morgan fingerprint density at radius 2 is 1.68 bits per heavy atom. The number of hydrogen-bond donors (Lipinski definition) is 2. The first kappa shape index (κ1) is 21.3. The molecule has 1 aromatic rings. The van der Waals surface area contributed by atoms with Crippen LogP contribution in [0.1, 0.15) is 59.9 Å². The number of aliphatic imine (C=N–C) groups is 1. The third-order valence-electron chi connectivity index (χ3n) is 3.72. The van der Waals surface area contributed by atoms with E-state index in [0.717, 1.165) is 4.90 Å². The van der Waals surface area contributed by atoms with Crippen LogP contribution in [0.15, 0.2) is 46.0 Å². The summed E-state index contributed by atoms with van der Waals surface area (Å²) in [5.41, 5.74) is 6.62. The molecule has 0 saturated heterocycles. The van der Waals surface area contributed by atoms with E-state index in [0.29, 0.717) is 5.92 Å². The average molecular weight is 363 g/mol. The normalized spacial score (nSPS) is 14.1. The van der Waals surface area contributed by atoms with Gasteiger partial charge in [-0.1, -0.05) is 46.8 Å². The molecule has 138 valence electrons. The van der Waals surface area contributed by atoms with Crippen molar-refractivity contribution in [2.24, 2.45) is 16.1 Å². The molecule has 0 spiro atoms. The van der Waals surface area contributed by atoms with Crippen LogP contribution in [0.3, 0.4) is 0 Å². The van der Waals surface area contributed by atoms with Crippen molar-refractivity contribution < 1.29 is 9.90 Å². The van der Waals surface area contributed by atoms with Crippen LogP contribution in [0.4, 0.5) is 0 Å². The van der Waals surface area contributed by atoms with Crippen LogP contribution in [-0.4, -0.2) is 21.6 Å². The lowest BCUT2D eigenvalue weighted by atomic mass is 9.93. The van der Waals surface area contributed by atoms with Gasteiger partial charge in [-0.3, -0.25) is 4.79 Å². The molecule has 25 heavy (non-hydrogen) atoms. The van der Waals surface area contributed by atoms with E-state index in [-0.39, 0.29) is 17.5 Å². The highest BCUT2D eigenvalue weighted by molar-refractivity contribution is 8.01. The summed E-state index contributed by atoms with van der Waals surface area (Å²) in [5, 5.41) is 9.96. The van der Waals surface area contributed by atoms with E-state index in [4.69, 9.17) is 5.73 Å². The highest BCUT2D eigenvalue weighted by atomic mass is 32.2. The van der Waals surface area contributed by atoms with Gasteiger partial charge in [0, 0.05) is 16.4 Å². The fourth-order valence-corrected chi connectivity index (χ4v) is 2.89. The zero-order valence-electron chi connectivity index (χ0n) is 16.3. The van der Waals surface area contributed by atoms with Crippen molar-refractivity contribution in [1.82, 2.24) is 0 Å². The van der Waals surface area contributed by atoms with Crippen LogP contribution in [-0.2, 0) is 4.79 Å². The Morgan fingerprint density at radius 1 is 1.16 bits per heavy atom. The third-order valence-corrected chi connectivity index (χ3v) is 4.91. The number of aliphatic hydroxyl groups excluding tert-OH is 1. The van der Waals surface area contributed by atoms with Crippen molar-refractivity contribution in [3.05, 3.63) is 41.7 Å². The first-order valence-electron chi connectivity index (χ1n) is 8.41. The predicted molar refractivity (Wildman–Crippen MR) is 107 cm³/mol. The molecule has 1 amide bonds. The summed E-state index contributed by atoms with van der Waals surface area (Å²) >= 11 is 1.45. The van der Waals surface area contributed by atoms with Crippen molar-refractivity contribution >= 4 is 23.5 Å². The number of carbonyl (C=O) groups is 1. The second-order valence-corrected chi connectivity index (χ2v) is 9.65. The molecule has 0 radical (unpaired) electrons. The minimum Gasteiger partial charge on any atom is -0.512 e. The molecule has 4 nitrogen and oxygen atoms in total. The minimum atomic E-state index is -0.755. The topological polar surface area (TPSA) is 75.7 Å². The number of aliphatic hydroxyl groups is 1. The number of hydrogen-bond acceptors (Lipinski definition) is 3. The summed E-state index contributed by atoms with van der Waals surface area (Å²) in [4.78, 5) is 17.4. The van der Waals surface area contributed by atoms with E-state index >= 15 is 0 Å². The first-order valence-corrected chi connectivity index (χ1v) is 9.23. The molecule has 0 heterocycles. The van der Waals surface area contributed by atoms with Crippen molar-refractivity contribution in [2.75, 3.05) is 0 Å². The second-order valence-electron chi connectivity index (χ2n) is 7.96. The zero-order chi connectivity index (χ0) is 19.4. The number of allylic oxidation sites excluding steroid dienone is 1. The second kappa shape index (κ2) is 8.09. The number of nitrogens with zero attached hydrogens (tertiary/aromatic N) is 1. The quantitative estimate of drug-likeness (QED) is 0.332. The van der Waals surface area contributed by atoms with E-state index in [1.807, 2.05) is 46.8 Å². The monoisotopic (exact) mass is 362 g/mol. The molecule has 3 N–H and O–H groups in total. The number of carbonyl (C=O) groups excluding carboxylic acids is 1. The van der Waals surface area contributed by atoms with Crippen LogP contribution in [0.2, 0.25) is 0 Å². The molecule has 0 fully saturated rings. The largest absolute Gasteiger partial charge is 0.512 e. The Kier molecular flexibility index (Phi) is 6.89. The maximum Gasteiger partial charge on any atom is 0.263 e. The van der Waals surface area contributed by atoms with E-state index in [1.54, 1.807) is 0 Å². The van der Waals surface area contributed by atoms with Crippen LogP contribution < -0.4 is 5.73 Å². The van der Waals surface area contributed by atoms with E-state index in [2.05, 4.69) is 31.0 Å². The lowest BCUT2D eigenvalue weighted by molar-refractivity contribution is -0.119. The van der Waals surface area contributed by atoms with Crippen LogP contribution >= 0.6 is 11.8 Å². The van der Waals surface area contributed by atoms with Gasteiger partial charge >= 0.3 is 0 Å². The number of benzene rings is 1. The summed E-state index contributed by atoms with van der Waals surface area (Å²) in [5.74, 6) is 0.249. The lowest BCUT2D eigenvalue weighted by Crippen LogP contribution is -2.28. The molecular weight excluding hydrogens is 332 g/mol. The smallest absolute Gasteiger partial charge is 0.263 e. The van der Waals surface area contributed by atoms with Gasteiger partial charge in [0.1, 0.15) is 11.6 Å². The number of amides is 1. The molecule has 1 rings (SSSR count). The van der Waals surface area contributed by atoms with E-state index in [1.165, 1.54) is 23.4 Å². The molecule has 0 aromatic heterocycles. The molecule has 0 unspecified atom stereocenters. The van der Waals surface area contributed by atoms with Gasteiger partial charge in [-0.25, -0.2) is 0 Å². The number of rotatable bonds is 5. The van der Waals surface area contributed by atoms with Gasteiger partial charge in [0.2, 0.25) is 0 Å². The number of nitrogens with two attached hydrogens (primary N) is 1. The Hall–Kier alpha value is -1.75. The predicted octanol–water partition coefficient (Wildman–Crippen LogP) is 5.05. The van der Waals surface area contributed by atoms with Crippen molar-refractivity contribution in [3.8, 4) is 0 Å². The summed E-state index contributed by atoms with van der Waals surface area (Å²) in [6.07, 6.45) is 1.34.